The molecule has 0 radical (unpaired) electrons. The molecule has 0 amide bonds. The van der Waals surface area contributed by atoms with Crippen molar-refractivity contribution in [3.8, 4) is 0 Å². The van der Waals surface area contributed by atoms with Crippen LogP contribution in [0.1, 0.15) is 6.42 Å². The molecule has 0 N–H and O–H groups in total. The minimum Gasteiger partial charge on any atom is -0.411 e. The summed E-state index contributed by atoms with van der Waals surface area (Å²) < 4.78 is 7.21. The molecule has 106 valence electrons. The van der Waals surface area contributed by atoms with Gasteiger partial charge in [-0.2, -0.15) is 0 Å². The van der Waals surface area contributed by atoms with Crippen molar-refractivity contribution in [3.63, 3.8) is 0 Å². The fourth-order valence-electron chi connectivity index (χ4n) is 2.54. The monoisotopic (exact) mass is 368 g/mol. The van der Waals surface area contributed by atoms with Gasteiger partial charge in [-0.25, -0.2) is 0 Å². The zero-order valence-corrected chi connectivity index (χ0v) is 14.8. The van der Waals surface area contributed by atoms with Crippen LogP contribution in [-0.2, 0) is 4.43 Å². The molecule has 0 aliphatic heterocycles. The molecule has 0 aromatic heterocycles. The standard InChI is InChI=1S/C16H18BrClOSi/c1-19-20(13-5-12-18,15-6-3-2-4-7-15)16-10-8-14(17)9-11-16/h2-4,6-11H,5,12-13H2,1H3. The number of halogens is 2. The van der Waals surface area contributed by atoms with Crippen LogP contribution in [0.25, 0.3) is 0 Å². The average molecular weight is 370 g/mol. The molecule has 2 aromatic carbocycles. The van der Waals surface area contributed by atoms with E-state index in [1.54, 1.807) is 0 Å². The Hall–Kier alpha value is -0.613. The first-order valence-corrected chi connectivity index (χ1v) is 10.1. The van der Waals surface area contributed by atoms with Gasteiger partial charge in [-0.1, -0.05) is 58.4 Å². The van der Waals surface area contributed by atoms with Gasteiger partial charge in [0.2, 0.25) is 0 Å². The predicted molar refractivity (Wildman–Crippen MR) is 92.8 cm³/mol. The van der Waals surface area contributed by atoms with Gasteiger partial charge in [-0.3, -0.25) is 0 Å². The minimum absolute atomic E-state index is 0.668. The fourth-order valence-corrected chi connectivity index (χ4v) is 6.85. The van der Waals surface area contributed by atoms with Crippen molar-refractivity contribution in [1.29, 1.82) is 0 Å². The third-order valence-corrected chi connectivity index (χ3v) is 8.64. The molecule has 0 aliphatic rings. The Labute approximate surface area is 135 Å². The second-order valence-electron chi connectivity index (χ2n) is 4.70. The SMILES string of the molecule is CO[Si](CCCCl)(c1ccccc1)c1ccc(Br)cc1. The molecular formula is C16H18BrClOSi. The molecule has 0 saturated carbocycles. The quantitative estimate of drug-likeness (QED) is 0.556. The maximum absolute atomic E-state index is 6.12. The van der Waals surface area contributed by atoms with Crippen LogP contribution in [0.2, 0.25) is 6.04 Å². The molecular weight excluding hydrogens is 352 g/mol. The molecule has 2 aromatic rings. The first kappa shape index (κ1) is 15.8. The van der Waals surface area contributed by atoms with Gasteiger partial charge in [0.1, 0.15) is 0 Å². The van der Waals surface area contributed by atoms with Gasteiger partial charge in [0.25, 0.3) is 8.32 Å². The van der Waals surface area contributed by atoms with Gasteiger partial charge in [0.05, 0.1) is 0 Å². The van der Waals surface area contributed by atoms with E-state index in [0.717, 1.165) is 16.9 Å². The second-order valence-corrected chi connectivity index (χ2v) is 9.71. The highest BCUT2D eigenvalue weighted by Crippen LogP contribution is 2.17. The molecule has 1 unspecified atom stereocenters. The van der Waals surface area contributed by atoms with E-state index in [4.69, 9.17) is 16.0 Å². The number of hydrogen-bond donors (Lipinski definition) is 0. The summed E-state index contributed by atoms with van der Waals surface area (Å²) in [6.45, 7) is 0. The van der Waals surface area contributed by atoms with Gasteiger partial charge in [-0.15, -0.1) is 11.6 Å². The summed E-state index contributed by atoms with van der Waals surface area (Å²) in [5.74, 6) is 0.668. The average Bonchev–Trinajstić information content (AvgIpc) is 2.51. The lowest BCUT2D eigenvalue weighted by atomic mass is 10.4. The normalized spacial score (nSPS) is 13.9. The van der Waals surface area contributed by atoms with Crippen LogP contribution >= 0.6 is 27.5 Å². The van der Waals surface area contributed by atoms with Crippen molar-refractivity contribution in [2.24, 2.45) is 0 Å². The third kappa shape index (κ3) is 3.34. The topological polar surface area (TPSA) is 9.23 Å². The van der Waals surface area contributed by atoms with Crippen molar-refractivity contribution < 1.29 is 4.43 Å². The van der Waals surface area contributed by atoms with E-state index in [1.165, 1.54) is 10.4 Å². The van der Waals surface area contributed by atoms with E-state index in [0.29, 0.717) is 5.88 Å². The molecule has 0 aliphatic carbocycles. The first-order valence-electron chi connectivity index (χ1n) is 6.65. The largest absolute Gasteiger partial charge is 0.411 e. The number of alkyl halides is 1. The molecule has 0 heterocycles. The van der Waals surface area contributed by atoms with Crippen molar-refractivity contribution >= 4 is 46.2 Å². The van der Waals surface area contributed by atoms with E-state index >= 15 is 0 Å². The molecule has 20 heavy (non-hydrogen) atoms. The van der Waals surface area contributed by atoms with E-state index in [1.807, 2.05) is 13.2 Å². The molecule has 1 atom stereocenters. The van der Waals surface area contributed by atoms with Crippen molar-refractivity contribution in [2.75, 3.05) is 13.0 Å². The zero-order valence-electron chi connectivity index (χ0n) is 11.5. The Bertz CT molecular complexity index is 532. The molecule has 4 heteroatoms. The Kier molecular flexibility index (Phi) is 5.84. The Morgan fingerprint density at radius 1 is 1.00 bits per heavy atom. The van der Waals surface area contributed by atoms with Gasteiger partial charge in [-0.05, 0) is 35.0 Å². The highest BCUT2D eigenvalue weighted by molar-refractivity contribution is 9.10. The zero-order chi connectivity index (χ0) is 14.4. The van der Waals surface area contributed by atoms with Crippen molar-refractivity contribution in [3.05, 3.63) is 59.1 Å². The molecule has 0 saturated heterocycles. The summed E-state index contributed by atoms with van der Waals surface area (Å²) >= 11 is 9.42. The maximum atomic E-state index is 6.12. The Morgan fingerprint density at radius 3 is 2.15 bits per heavy atom. The first-order chi connectivity index (χ1) is 9.73. The van der Waals surface area contributed by atoms with Gasteiger partial charge in [0, 0.05) is 17.5 Å². The van der Waals surface area contributed by atoms with E-state index < -0.39 is 8.32 Å². The van der Waals surface area contributed by atoms with Crippen molar-refractivity contribution in [1.82, 2.24) is 0 Å². The maximum Gasteiger partial charge on any atom is 0.255 e. The van der Waals surface area contributed by atoms with E-state index in [-0.39, 0.29) is 0 Å². The van der Waals surface area contributed by atoms with Crippen LogP contribution in [0.4, 0.5) is 0 Å². The summed E-state index contributed by atoms with van der Waals surface area (Å²) in [5.41, 5.74) is 0. The van der Waals surface area contributed by atoms with Crippen LogP contribution < -0.4 is 10.4 Å². The smallest absolute Gasteiger partial charge is 0.255 e. The summed E-state index contributed by atoms with van der Waals surface area (Å²) in [6, 6.07) is 20.0. The molecule has 1 nitrogen and oxygen atoms in total. The molecule has 2 rings (SSSR count). The lowest BCUT2D eigenvalue weighted by Crippen LogP contribution is -2.60. The van der Waals surface area contributed by atoms with Crippen LogP contribution in [0.15, 0.2) is 59.1 Å². The summed E-state index contributed by atoms with van der Waals surface area (Å²) in [7, 11) is -0.342. The van der Waals surface area contributed by atoms with Crippen LogP contribution in [0, 0.1) is 0 Å². The number of rotatable bonds is 6. The minimum atomic E-state index is -2.17. The molecule has 0 fully saturated rings. The van der Waals surface area contributed by atoms with Gasteiger partial charge < -0.3 is 4.43 Å². The number of hydrogen-bond acceptors (Lipinski definition) is 1. The number of benzene rings is 2. The van der Waals surface area contributed by atoms with Gasteiger partial charge >= 0.3 is 0 Å². The highest BCUT2D eigenvalue weighted by Gasteiger charge is 2.37. The lowest BCUT2D eigenvalue weighted by Gasteiger charge is -2.30. The summed E-state index contributed by atoms with van der Waals surface area (Å²) in [6.07, 6.45) is 0.965. The second kappa shape index (κ2) is 7.41. The Balaban J connectivity index is 2.49. The third-order valence-electron chi connectivity index (χ3n) is 3.56. The van der Waals surface area contributed by atoms with Crippen LogP contribution in [-0.4, -0.2) is 21.3 Å². The van der Waals surface area contributed by atoms with E-state index in [2.05, 4.69) is 64.5 Å². The predicted octanol–water partition coefficient (Wildman–Crippen LogP) is 3.78. The van der Waals surface area contributed by atoms with Gasteiger partial charge in [0.15, 0.2) is 0 Å². The molecule has 0 spiro atoms. The van der Waals surface area contributed by atoms with E-state index in [9.17, 15) is 0 Å². The lowest BCUT2D eigenvalue weighted by molar-refractivity contribution is 0.414. The summed E-state index contributed by atoms with van der Waals surface area (Å²) in [5, 5.41) is 2.59. The Morgan fingerprint density at radius 2 is 1.60 bits per heavy atom. The van der Waals surface area contributed by atoms with Crippen molar-refractivity contribution in [2.45, 2.75) is 12.5 Å². The fraction of sp³-hybridized carbons (Fsp3) is 0.250. The van der Waals surface area contributed by atoms with Crippen LogP contribution in [0.3, 0.4) is 0 Å². The van der Waals surface area contributed by atoms with Crippen LogP contribution in [0.5, 0.6) is 0 Å². The highest BCUT2D eigenvalue weighted by atomic mass is 79.9. The summed E-state index contributed by atoms with van der Waals surface area (Å²) in [4.78, 5) is 0. The molecule has 0 bridgehead atoms.